The van der Waals surface area contributed by atoms with E-state index in [4.69, 9.17) is 4.74 Å². The van der Waals surface area contributed by atoms with Crippen LogP contribution < -0.4 is 5.32 Å². The predicted molar refractivity (Wildman–Crippen MR) is 110 cm³/mol. The zero-order valence-electron chi connectivity index (χ0n) is 16.3. The summed E-state index contributed by atoms with van der Waals surface area (Å²) in [5.74, 6) is -0.751. The van der Waals surface area contributed by atoms with Crippen LogP contribution in [0.2, 0.25) is 0 Å². The predicted octanol–water partition coefficient (Wildman–Crippen LogP) is 4.64. The minimum absolute atomic E-state index is 0. The third-order valence-corrected chi connectivity index (χ3v) is 5.04. The molecule has 1 atom stereocenters. The van der Waals surface area contributed by atoms with Crippen LogP contribution in [0, 0.1) is 0 Å². The van der Waals surface area contributed by atoms with Gasteiger partial charge in [-0.05, 0) is 25.8 Å². The summed E-state index contributed by atoms with van der Waals surface area (Å²) < 4.78 is 4.90. The van der Waals surface area contributed by atoms with Gasteiger partial charge in [-0.2, -0.15) is 0 Å². The third-order valence-electron chi connectivity index (χ3n) is 5.04. The van der Waals surface area contributed by atoms with Crippen molar-refractivity contribution >= 4 is 41.5 Å². The number of esters is 2. The van der Waals surface area contributed by atoms with Gasteiger partial charge in [-0.25, -0.2) is 4.79 Å². The second-order valence-electron chi connectivity index (χ2n) is 7.43. The summed E-state index contributed by atoms with van der Waals surface area (Å²) >= 11 is 0. The fourth-order valence-corrected chi connectivity index (χ4v) is 3.41. The van der Waals surface area contributed by atoms with Crippen LogP contribution in [0.1, 0.15) is 110 Å². The van der Waals surface area contributed by atoms with Gasteiger partial charge in [0.2, 0.25) is 0 Å². The van der Waals surface area contributed by atoms with Gasteiger partial charge in [0.05, 0.1) is 0 Å². The first kappa shape index (κ1) is 26.1. The Balaban J connectivity index is 0.00000625. The van der Waals surface area contributed by atoms with Crippen molar-refractivity contribution in [3.05, 3.63) is 0 Å². The molecule has 1 rings (SSSR count). The summed E-state index contributed by atoms with van der Waals surface area (Å²) in [6.45, 7) is 3.10. The fraction of sp³-hybridized carbons (Fsp3) is 0.905. The number of hydrogen-bond acceptors (Lipinski definition) is 4. The number of hydrogen-bond donors (Lipinski definition) is 1. The summed E-state index contributed by atoms with van der Waals surface area (Å²) in [7, 11) is 0. The first-order valence-electron chi connectivity index (χ1n) is 10.7. The van der Waals surface area contributed by atoms with Gasteiger partial charge in [0, 0.05) is 6.42 Å². The van der Waals surface area contributed by atoms with Gasteiger partial charge in [-0.1, -0.05) is 84.0 Å². The summed E-state index contributed by atoms with van der Waals surface area (Å²) in [4.78, 5) is 23.3. The molecule has 148 valence electrons. The molecule has 0 aromatic heterocycles. The van der Waals surface area contributed by atoms with E-state index >= 15 is 0 Å². The molecule has 4 nitrogen and oxygen atoms in total. The molecule has 0 radical (unpaired) electrons. The zero-order chi connectivity index (χ0) is 18.2. The molecule has 5 heteroatoms. The molecule has 0 aromatic rings. The van der Waals surface area contributed by atoms with E-state index in [-0.39, 0.29) is 41.6 Å². The zero-order valence-corrected chi connectivity index (χ0v) is 16.3. The topological polar surface area (TPSA) is 55.4 Å². The molecule has 0 saturated carbocycles. The van der Waals surface area contributed by atoms with Crippen LogP contribution in [0.3, 0.4) is 0 Å². The molecule has 1 aliphatic heterocycles. The Labute approximate surface area is 182 Å². The Morgan fingerprint density at radius 1 is 0.846 bits per heavy atom. The van der Waals surface area contributed by atoms with Crippen LogP contribution in [-0.4, -0.2) is 54.1 Å². The second kappa shape index (κ2) is 18.5. The van der Waals surface area contributed by atoms with Gasteiger partial charge < -0.3 is 10.1 Å². The van der Waals surface area contributed by atoms with Crippen molar-refractivity contribution in [2.24, 2.45) is 0 Å². The summed E-state index contributed by atoms with van der Waals surface area (Å²) in [5.41, 5.74) is 0. The van der Waals surface area contributed by atoms with E-state index in [1.165, 1.54) is 70.6 Å². The van der Waals surface area contributed by atoms with Crippen LogP contribution in [-0.2, 0) is 14.3 Å². The van der Waals surface area contributed by atoms with Crippen LogP contribution >= 0.6 is 0 Å². The number of rotatable bonds is 15. The number of nitrogens with one attached hydrogen (secondary N) is 1. The quantitative estimate of drug-likeness (QED) is 0.195. The first-order valence-corrected chi connectivity index (χ1v) is 10.7. The summed E-state index contributed by atoms with van der Waals surface area (Å²) in [6, 6.07) is -0.268. The molecule has 26 heavy (non-hydrogen) atoms. The minimum atomic E-state index is -0.391. The summed E-state index contributed by atoms with van der Waals surface area (Å²) in [6.07, 6.45) is 18.8. The molecule has 0 spiro atoms. The molecule has 1 heterocycles. The van der Waals surface area contributed by atoms with Crippen molar-refractivity contribution in [3.63, 3.8) is 0 Å². The Kier molecular flexibility index (Phi) is 18.5. The molecule has 1 saturated heterocycles. The van der Waals surface area contributed by atoms with Gasteiger partial charge in [-0.3, -0.25) is 4.79 Å². The van der Waals surface area contributed by atoms with E-state index in [2.05, 4.69) is 12.2 Å². The van der Waals surface area contributed by atoms with Gasteiger partial charge in [0.25, 0.3) is 0 Å². The van der Waals surface area contributed by atoms with Crippen LogP contribution in [0.25, 0.3) is 0 Å². The number of carbonyl (C=O) groups is 2. The van der Waals surface area contributed by atoms with Crippen LogP contribution in [0.4, 0.5) is 0 Å². The maximum atomic E-state index is 11.7. The van der Waals surface area contributed by atoms with Crippen molar-refractivity contribution in [3.8, 4) is 0 Å². The van der Waals surface area contributed by atoms with Gasteiger partial charge in [0.1, 0.15) is 6.04 Å². The van der Waals surface area contributed by atoms with E-state index in [1.807, 2.05) is 0 Å². The van der Waals surface area contributed by atoms with Gasteiger partial charge in [0.15, 0.2) is 0 Å². The van der Waals surface area contributed by atoms with Crippen molar-refractivity contribution in [1.82, 2.24) is 5.32 Å². The van der Waals surface area contributed by atoms with E-state index in [9.17, 15) is 9.59 Å². The van der Waals surface area contributed by atoms with Crippen molar-refractivity contribution < 1.29 is 14.3 Å². The molecule has 0 amide bonds. The molecular formula is C21H40NNaO3. The molecule has 0 bridgehead atoms. The maximum absolute atomic E-state index is 11.7. The average Bonchev–Trinajstić information content (AvgIpc) is 3.13. The Bertz CT molecular complexity index is 357. The van der Waals surface area contributed by atoms with E-state index in [1.54, 1.807) is 0 Å². The summed E-state index contributed by atoms with van der Waals surface area (Å²) in [5, 5.41) is 3.05. The number of unbranched alkanes of at least 4 members (excludes halogenated alkanes) is 12. The Morgan fingerprint density at radius 2 is 1.35 bits per heavy atom. The number of carbonyl (C=O) groups excluding carboxylic acids is 2. The molecule has 1 aliphatic rings. The standard InChI is InChI=1S/C21H39NO3.Na.H/c1-2-3-4-5-6-7-8-9-10-11-12-13-14-17-20(23)25-21(24)19-16-15-18-22-19;;/h19,22H,2-18H2,1H3;;/t19-;;/m0../s1. The molecule has 1 fully saturated rings. The van der Waals surface area contributed by atoms with Crippen LogP contribution in [0.15, 0.2) is 0 Å². The third kappa shape index (κ3) is 14.2. The second-order valence-corrected chi connectivity index (χ2v) is 7.43. The van der Waals surface area contributed by atoms with Crippen LogP contribution in [0.5, 0.6) is 0 Å². The van der Waals surface area contributed by atoms with Gasteiger partial charge in [-0.15, -0.1) is 0 Å². The van der Waals surface area contributed by atoms with E-state index in [0.717, 1.165) is 32.2 Å². The van der Waals surface area contributed by atoms with Crippen molar-refractivity contribution in [1.29, 1.82) is 0 Å². The Hall–Kier alpha value is 0.1000. The average molecular weight is 378 g/mol. The number of ether oxygens (including phenoxy) is 1. The molecule has 0 aromatic carbocycles. The van der Waals surface area contributed by atoms with E-state index < -0.39 is 5.97 Å². The van der Waals surface area contributed by atoms with Crippen molar-refractivity contribution in [2.45, 2.75) is 116 Å². The Morgan fingerprint density at radius 3 is 1.81 bits per heavy atom. The normalized spacial score (nSPS) is 16.3. The molecule has 0 aliphatic carbocycles. The SMILES string of the molecule is CCCCCCCCCCCCCCCC(=O)OC(=O)[C@@H]1CCCN1.[NaH]. The first-order chi connectivity index (χ1) is 12.2. The monoisotopic (exact) mass is 377 g/mol. The fourth-order valence-electron chi connectivity index (χ4n) is 3.41. The molecule has 0 unspecified atom stereocenters. The molecule has 1 N–H and O–H groups in total. The molecular weight excluding hydrogens is 337 g/mol. The van der Waals surface area contributed by atoms with E-state index in [0.29, 0.717) is 6.42 Å². The van der Waals surface area contributed by atoms with Gasteiger partial charge >= 0.3 is 41.5 Å². The van der Waals surface area contributed by atoms with Crippen molar-refractivity contribution in [2.75, 3.05) is 6.54 Å².